The number of aliphatic hydroxyl groups is 1. The molecule has 0 aliphatic rings. The molecule has 0 saturated carbocycles. The molecule has 0 amide bonds. The van der Waals surface area contributed by atoms with E-state index in [1.807, 2.05) is 66.2 Å². The molecule has 0 bridgehead atoms. The van der Waals surface area contributed by atoms with Crippen molar-refractivity contribution in [2.24, 2.45) is 7.05 Å². The Balaban J connectivity index is 1.56. The van der Waals surface area contributed by atoms with Gasteiger partial charge in [-0.05, 0) is 17.7 Å². The second-order valence-corrected chi connectivity index (χ2v) is 7.77. The molecule has 4 rings (SSSR count). The molecule has 0 saturated heterocycles. The van der Waals surface area contributed by atoms with E-state index >= 15 is 0 Å². The topological polar surface area (TPSA) is 106 Å². The van der Waals surface area contributed by atoms with Gasteiger partial charge in [0.1, 0.15) is 23.0 Å². The van der Waals surface area contributed by atoms with Crippen LogP contribution >= 0.6 is 11.8 Å². The number of aromatic nitrogens is 5. The Bertz CT molecular complexity index is 1210. The van der Waals surface area contributed by atoms with Crippen LogP contribution in [0.4, 0.5) is 0 Å². The van der Waals surface area contributed by atoms with E-state index in [1.165, 1.54) is 18.9 Å². The average molecular weight is 436 g/mol. The molecule has 2 aromatic heterocycles. The summed E-state index contributed by atoms with van der Waals surface area (Å²) in [6.07, 6.45) is 0.652. The lowest BCUT2D eigenvalue weighted by molar-refractivity contribution is -0.133. The highest BCUT2D eigenvalue weighted by molar-refractivity contribution is 7.99. The fourth-order valence-corrected chi connectivity index (χ4v) is 3.94. The largest absolute Gasteiger partial charge is 0.510 e. The highest BCUT2D eigenvalue weighted by Gasteiger charge is 2.23. The molecule has 2 heterocycles. The Kier molecular flexibility index (Phi) is 6.03. The van der Waals surface area contributed by atoms with E-state index in [4.69, 9.17) is 4.74 Å². The summed E-state index contributed by atoms with van der Waals surface area (Å²) in [5.41, 5.74) is 2.59. The van der Waals surface area contributed by atoms with Crippen molar-refractivity contribution < 1.29 is 14.6 Å². The van der Waals surface area contributed by atoms with Gasteiger partial charge in [0, 0.05) is 13.5 Å². The quantitative estimate of drug-likeness (QED) is 0.198. The van der Waals surface area contributed by atoms with Crippen molar-refractivity contribution >= 4 is 34.3 Å². The van der Waals surface area contributed by atoms with E-state index in [1.54, 1.807) is 0 Å². The number of benzene rings is 2. The lowest BCUT2D eigenvalue weighted by atomic mass is 10.1. The summed E-state index contributed by atoms with van der Waals surface area (Å²) in [6, 6.07) is 17.4. The lowest BCUT2D eigenvalue weighted by Gasteiger charge is -2.07. The molecule has 8 nitrogen and oxygen atoms in total. The summed E-state index contributed by atoms with van der Waals surface area (Å²) < 4.78 is 6.75. The number of thioether (sulfide) groups is 1. The van der Waals surface area contributed by atoms with Crippen LogP contribution in [0.15, 0.2) is 65.5 Å². The van der Waals surface area contributed by atoms with Crippen molar-refractivity contribution in [3.05, 3.63) is 77.6 Å². The maximum atomic E-state index is 12.4. The average Bonchev–Trinajstić information content (AvgIpc) is 3.36. The van der Waals surface area contributed by atoms with Crippen molar-refractivity contribution in [2.75, 3.05) is 12.9 Å². The highest BCUT2D eigenvalue weighted by Crippen LogP contribution is 2.25. The number of nitrogens with zero attached hydrogens (tertiary/aromatic N) is 4. The molecule has 2 N–H and O–H groups in total. The minimum absolute atomic E-state index is 0.00197. The van der Waals surface area contributed by atoms with E-state index in [2.05, 4.69) is 20.2 Å². The first-order valence-corrected chi connectivity index (χ1v) is 10.6. The smallest absolute Gasteiger partial charge is 0.345 e. The number of rotatable bonds is 7. The minimum Gasteiger partial charge on any atom is -0.510 e. The van der Waals surface area contributed by atoms with E-state index < -0.39 is 5.97 Å². The Morgan fingerprint density at radius 3 is 2.61 bits per heavy atom. The number of fused-ring (bicyclic) bond motifs is 1. The summed E-state index contributed by atoms with van der Waals surface area (Å²) >= 11 is 1.28. The third-order valence-corrected chi connectivity index (χ3v) is 5.80. The predicted molar refractivity (Wildman–Crippen MR) is 119 cm³/mol. The van der Waals surface area contributed by atoms with Crippen LogP contribution in [-0.2, 0) is 23.0 Å². The van der Waals surface area contributed by atoms with Gasteiger partial charge in [-0.1, -0.05) is 54.2 Å². The molecule has 9 heteroatoms. The Morgan fingerprint density at radius 1 is 1.13 bits per heavy atom. The van der Waals surface area contributed by atoms with Crippen LogP contribution in [0, 0.1) is 0 Å². The molecule has 0 aliphatic heterocycles. The van der Waals surface area contributed by atoms with Crippen molar-refractivity contribution in [1.82, 2.24) is 24.7 Å². The van der Waals surface area contributed by atoms with Crippen LogP contribution in [0.3, 0.4) is 0 Å². The van der Waals surface area contributed by atoms with Gasteiger partial charge < -0.3 is 19.4 Å². The van der Waals surface area contributed by atoms with Gasteiger partial charge in [-0.2, -0.15) is 0 Å². The third-order valence-electron chi connectivity index (χ3n) is 4.77. The first-order chi connectivity index (χ1) is 15.1. The minimum atomic E-state index is -0.667. The summed E-state index contributed by atoms with van der Waals surface area (Å²) in [4.78, 5) is 19.8. The lowest BCUT2D eigenvalue weighted by Crippen LogP contribution is -2.10. The number of hydrogen-bond donors (Lipinski definition) is 2. The monoisotopic (exact) mass is 435 g/mol. The van der Waals surface area contributed by atoms with Gasteiger partial charge in [-0.15, -0.1) is 10.2 Å². The molecule has 158 valence electrons. The maximum Gasteiger partial charge on any atom is 0.345 e. The number of nitrogens with one attached hydrogen (secondary N) is 1. The summed E-state index contributed by atoms with van der Waals surface area (Å²) in [7, 11) is 3.14. The van der Waals surface area contributed by atoms with Crippen molar-refractivity contribution in [1.29, 1.82) is 0 Å². The number of methoxy groups -OCH3 is 1. The van der Waals surface area contributed by atoms with Crippen LogP contribution in [-0.4, -0.2) is 48.7 Å². The van der Waals surface area contributed by atoms with E-state index in [9.17, 15) is 9.90 Å². The number of hydrogen-bond acceptors (Lipinski definition) is 7. The normalized spacial score (nSPS) is 12.1. The van der Waals surface area contributed by atoms with Gasteiger partial charge in [0.2, 0.25) is 0 Å². The SMILES string of the molecule is COC(=O)/C(=C(/O)CSc1nnc(Cc2ccccc2)n1C)c1nc2ccccc2[nH]1. The molecule has 0 unspecified atom stereocenters. The fraction of sp³-hybridized carbons (Fsp3) is 0.182. The van der Waals surface area contributed by atoms with Gasteiger partial charge in [0.15, 0.2) is 5.16 Å². The number of H-pyrrole nitrogens is 1. The number of carbonyl (C=O) groups excluding carboxylic acids is 1. The van der Waals surface area contributed by atoms with E-state index in [0.29, 0.717) is 17.1 Å². The number of para-hydroxylation sites is 2. The summed E-state index contributed by atoms with van der Waals surface area (Å²) in [5.74, 6) is 0.360. The first-order valence-electron chi connectivity index (χ1n) is 9.57. The molecule has 0 radical (unpaired) electrons. The van der Waals surface area contributed by atoms with Crippen molar-refractivity contribution in [3.63, 3.8) is 0 Å². The number of ether oxygens (including phenoxy) is 1. The molecule has 0 fully saturated rings. The zero-order chi connectivity index (χ0) is 21.8. The second-order valence-electron chi connectivity index (χ2n) is 6.82. The summed E-state index contributed by atoms with van der Waals surface area (Å²) in [6.45, 7) is 0. The molecule has 31 heavy (non-hydrogen) atoms. The molecule has 2 aromatic carbocycles. The Labute approximate surface area is 183 Å². The standard InChI is InChI=1S/C22H21N5O3S/c1-27-18(12-14-8-4-3-5-9-14)25-26-22(27)31-13-17(28)19(21(29)30-2)20-23-15-10-6-7-11-16(15)24-20/h3-11,28H,12-13H2,1-2H3,(H,23,24)/b19-17+. The number of imidazole rings is 1. The zero-order valence-electron chi connectivity index (χ0n) is 17.1. The predicted octanol–water partition coefficient (Wildman–Crippen LogP) is 3.52. The third kappa shape index (κ3) is 4.46. The van der Waals surface area contributed by atoms with Crippen LogP contribution in [0.1, 0.15) is 17.2 Å². The second kappa shape index (κ2) is 9.05. The first kappa shape index (κ1) is 20.7. The fourth-order valence-electron chi connectivity index (χ4n) is 3.13. The summed E-state index contributed by atoms with van der Waals surface area (Å²) in [5, 5.41) is 19.8. The van der Waals surface area contributed by atoms with E-state index in [0.717, 1.165) is 16.9 Å². The molecular weight excluding hydrogens is 414 g/mol. The number of esters is 1. The van der Waals surface area contributed by atoms with Gasteiger partial charge in [-0.25, -0.2) is 9.78 Å². The van der Waals surface area contributed by atoms with Crippen LogP contribution in [0.2, 0.25) is 0 Å². The molecule has 0 atom stereocenters. The van der Waals surface area contributed by atoms with Gasteiger partial charge >= 0.3 is 5.97 Å². The molecule has 0 spiro atoms. The van der Waals surface area contributed by atoms with Gasteiger partial charge in [0.05, 0.1) is 23.9 Å². The number of aromatic amines is 1. The highest BCUT2D eigenvalue weighted by atomic mass is 32.2. The van der Waals surface area contributed by atoms with Gasteiger partial charge in [0.25, 0.3) is 0 Å². The Hall–Kier alpha value is -3.59. The van der Waals surface area contributed by atoms with Crippen LogP contribution in [0.25, 0.3) is 16.6 Å². The number of carbonyl (C=O) groups is 1. The number of aliphatic hydroxyl groups excluding tert-OH is 1. The van der Waals surface area contributed by atoms with Gasteiger partial charge in [-0.3, -0.25) is 0 Å². The molecule has 0 aliphatic carbocycles. The van der Waals surface area contributed by atoms with Crippen LogP contribution < -0.4 is 0 Å². The molecular formula is C22H21N5O3S. The zero-order valence-corrected chi connectivity index (χ0v) is 17.9. The maximum absolute atomic E-state index is 12.4. The molecule has 4 aromatic rings. The van der Waals surface area contributed by atoms with E-state index in [-0.39, 0.29) is 22.9 Å². The Morgan fingerprint density at radius 2 is 1.87 bits per heavy atom. The van der Waals surface area contributed by atoms with Crippen molar-refractivity contribution in [2.45, 2.75) is 11.6 Å². The van der Waals surface area contributed by atoms with Crippen molar-refractivity contribution in [3.8, 4) is 0 Å². The van der Waals surface area contributed by atoms with Crippen LogP contribution in [0.5, 0.6) is 0 Å².